The molecule has 1 unspecified atom stereocenters. The zero-order valence-electron chi connectivity index (χ0n) is 14.3. The highest BCUT2D eigenvalue weighted by Gasteiger charge is 2.33. The third-order valence-electron chi connectivity index (χ3n) is 4.00. The number of rotatable bonds is 6. The Hall–Kier alpha value is -2.22. The van der Waals surface area contributed by atoms with Crippen molar-refractivity contribution < 1.29 is 18.3 Å². The van der Waals surface area contributed by atoms with Gasteiger partial charge in [0.1, 0.15) is 5.75 Å². The Bertz CT molecular complexity index is 690. The molecular formula is C17H21F2N3O2S. The number of nitrogens with zero attached hydrogens (tertiary/aromatic N) is 1. The van der Waals surface area contributed by atoms with Crippen LogP contribution in [0.3, 0.4) is 0 Å². The van der Waals surface area contributed by atoms with Crippen molar-refractivity contribution in [1.82, 2.24) is 15.5 Å². The molecule has 2 rings (SSSR count). The fourth-order valence-corrected chi connectivity index (χ4v) is 3.09. The number of allylic oxidation sites excluding steroid dienone is 1. The molecule has 1 aromatic carbocycles. The summed E-state index contributed by atoms with van der Waals surface area (Å²) in [5, 5.41) is 6.26. The van der Waals surface area contributed by atoms with Gasteiger partial charge in [-0.25, -0.2) is 0 Å². The standard InChI is InChI=1S/C17H21F2N3O2S/c1-4-22(5-2)15(23)13-10(3)20-17(25)21-14(13)11-8-6-7-9-12(11)24-16(18)19/h6-9,14,16H,4-5H2,1-3H3,(H2,20,21,25). The Morgan fingerprint density at radius 1 is 1.32 bits per heavy atom. The predicted octanol–water partition coefficient (Wildman–Crippen LogP) is 2.95. The van der Waals surface area contributed by atoms with Crippen LogP contribution in [0.5, 0.6) is 5.75 Å². The van der Waals surface area contributed by atoms with Crippen LogP contribution in [0.15, 0.2) is 35.5 Å². The monoisotopic (exact) mass is 369 g/mol. The minimum atomic E-state index is -2.96. The van der Waals surface area contributed by atoms with Crippen LogP contribution in [-0.4, -0.2) is 35.6 Å². The Morgan fingerprint density at radius 2 is 1.96 bits per heavy atom. The van der Waals surface area contributed by atoms with Crippen molar-refractivity contribution in [1.29, 1.82) is 0 Å². The average molecular weight is 369 g/mol. The number of benzene rings is 1. The third-order valence-corrected chi connectivity index (χ3v) is 4.22. The molecule has 1 aliphatic heterocycles. The van der Waals surface area contributed by atoms with Crippen molar-refractivity contribution in [3.63, 3.8) is 0 Å². The van der Waals surface area contributed by atoms with Gasteiger partial charge >= 0.3 is 6.61 Å². The first kappa shape index (κ1) is 19.1. The molecule has 8 heteroatoms. The van der Waals surface area contributed by atoms with E-state index in [9.17, 15) is 13.6 Å². The summed E-state index contributed by atoms with van der Waals surface area (Å²) in [6.45, 7) is 3.63. The van der Waals surface area contributed by atoms with E-state index in [2.05, 4.69) is 15.4 Å². The molecule has 0 saturated carbocycles. The second-order valence-corrected chi connectivity index (χ2v) is 5.87. The molecule has 0 aliphatic carbocycles. The van der Waals surface area contributed by atoms with Gasteiger partial charge in [-0.15, -0.1) is 0 Å². The number of nitrogens with one attached hydrogen (secondary N) is 2. The van der Waals surface area contributed by atoms with Crippen LogP contribution in [-0.2, 0) is 4.79 Å². The summed E-state index contributed by atoms with van der Waals surface area (Å²) >= 11 is 5.18. The second-order valence-electron chi connectivity index (χ2n) is 5.46. The van der Waals surface area contributed by atoms with Gasteiger partial charge in [0.2, 0.25) is 0 Å². The molecule has 1 aliphatic rings. The van der Waals surface area contributed by atoms with E-state index in [1.54, 1.807) is 30.0 Å². The number of amides is 1. The fraction of sp³-hybridized carbons (Fsp3) is 0.412. The first-order chi connectivity index (χ1) is 11.9. The van der Waals surface area contributed by atoms with Gasteiger partial charge in [-0.3, -0.25) is 4.79 Å². The van der Waals surface area contributed by atoms with Crippen LogP contribution in [0.25, 0.3) is 0 Å². The van der Waals surface area contributed by atoms with Crippen molar-refractivity contribution in [2.75, 3.05) is 13.1 Å². The van der Waals surface area contributed by atoms with Gasteiger partial charge in [0.15, 0.2) is 5.11 Å². The van der Waals surface area contributed by atoms with Gasteiger partial charge in [0.05, 0.1) is 11.6 Å². The number of carbonyl (C=O) groups is 1. The lowest BCUT2D eigenvalue weighted by Crippen LogP contribution is -2.47. The van der Waals surface area contributed by atoms with Gasteiger partial charge in [0, 0.05) is 24.4 Å². The van der Waals surface area contributed by atoms with E-state index in [1.807, 2.05) is 13.8 Å². The number of carbonyl (C=O) groups excluding carboxylic acids is 1. The number of thiocarbonyl (C=S) groups is 1. The van der Waals surface area contributed by atoms with Gasteiger partial charge in [0.25, 0.3) is 5.91 Å². The molecule has 136 valence electrons. The minimum absolute atomic E-state index is 0.0114. The Kier molecular flexibility index (Phi) is 6.30. The van der Waals surface area contributed by atoms with E-state index in [1.165, 1.54) is 6.07 Å². The van der Waals surface area contributed by atoms with Crippen LogP contribution >= 0.6 is 12.2 Å². The van der Waals surface area contributed by atoms with Crippen molar-refractivity contribution >= 4 is 23.2 Å². The van der Waals surface area contributed by atoms with Crippen molar-refractivity contribution in [2.24, 2.45) is 0 Å². The third kappa shape index (κ3) is 4.25. The highest BCUT2D eigenvalue weighted by atomic mass is 32.1. The Labute approximate surface area is 151 Å². The quantitative estimate of drug-likeness (QED) is 0.755. The predicted molar refractivity (Wildman–Crippen MR) is 95.3 cm³/mol. The highest BCUT2D eigenvalue weighted by Crippen LogP contribution is 2.34. The van der Waals surface area contributed by atoms with E-state index in [0.29, 0.717) is 35.0 Å². The lowest BCUT2D eigenvalue weighted by molar-refractivity contribution is -0.127. The summed E-state index contributed by atoms with van der Waals surface area (Å²) in [5.41, 5.74) is 1.46. The van der Waals surface area contributed by atoms with Crippen molar-refractivity contribution in [3.05, 3.63) is 41.1 Å². The maximum atomic E-state index is 13.0. The number of hydrogen-bond acceptors (Lipinski definition) is 3. The number of para-hydroxylation sites is 1. The summed E-state index contributed by atoms with van der Waals surface area (Å²) in [6.07, 6.45) is 0. The molecule has 1 amide bonds. The largest absolute Gasteiger partial charge is 0.434 e. The van der Waals surface area contributed by atoms with Crippen molar-refractivity contribution in [3.8, 4) is 5.75 Å². The summed E-state index contributed by atoms with van der Waals surface area (Å²) in [6, 6.07) is 5.73. The van der Waals surface area contributed by atoms with Gasteiger partial charge < -0.3 is 20.3 Å². The van der Waals surface area contributed by atoms with E-state index in [0.717, 1.165) is 0 Å². The Morgan fingerprint density at radius 3 is 2.56 bits per heavy atom. The molecular weight excluding hydrogens is 348 g/mol. The number of hydrogen-bond donors (Lipinski definition) is 2. The SMILES string of the molecule is CCN(CC)C(=O)C1=C(C)NC(=S)NC1c1ccccc1OC(F)F. The Balaban J connectivity index is 2.52. The summed E-state index contributed by atoms with van der Waals surface area (Å²) < 4.78 is 30.1. The van der Waals surface area contributed by atoms with E-state index >= 15 is 0 Å². The molecule has 5 nitrogen and oxygen atoms in total. The summed E-state index contributed by atoms with van der Waals surface area (Å²) in [7, 11) is 0. The van der Waals surface area contributed by atoms with Gasteiger partial charge in [-0.1, -0.05) is 18.2 Å². The molecule has 1 heterocycles. The zero-order chi connectivity index (χ0) is 18.6. The van der Waals surface area contributed by atoms with Crippen molar-refractivity contribution in [2.45, 2.75) is 33.4 Å². The summed E-state index contributed by atoms with van der Waals surface area (Å²) in [5.74, 6) is -0.167. The molecule has 0 spiro atoms. The van der Waals surface area contributed by atoms with Crippen LogP contribution in [0.1, 0.15) is 32.4 Å². The maximum absolute atomic E-state index is 13.0. The van der Waals surface area contributed by atoms with Crippen LogP contribution in [0, 0.1) is 0 Å². The first-order valence-electron chi connectivity index (χ1n) is 8.00. The fourth-order valence-electron chi connectivity index (χ4n) is 2.81. The molecule has 0 saturated heterocycles. The van der Waals surface area contributed by atoms with Crippen LogP contribution < -0.4 is 15.4 Å². The van der Waals surface area contributed by atoms with Gasteiger partial charge in [-0.2, -0.15) is 8.78 Å². The number of halogens is 2. The molecule has 0 aromatic heterocycles. The lowest BCUT2D eigenvalue weighted by Gasteiger charge is -2.33. The topological polar surface area (TPSA) is 53.6 Å². The molecule has 2 N–H and O–H groups in total. The molecule has 0 bridgehead atoms. The highest BCUT2D eigenvalue weighted by molar-refractivity contribution is 7.80. The van der Waals surface area contributed by atoms with E-state index in [-0.39, 0.29) is 11.7 Å². The molecule has 25 heavy (non-hydrogen) atoms. The molecule has 0 fully saturated rings. The number of likely N-dealkylation sites (N-methyl/N-ethyl adjacent to an activating group) is 1. The molecule has 0 radical (unpaired) electrons. The first-order valence-corrected chi connectivity index (χ1v) is 8.41. The summed E-state index contributed by atoms with van der Waals surface area (Å²) in [4.78, 5) is 14.6. The number of ether oxygens (including phenoxy) is 1. The molecule has 1 atom stereocenters. The number of alkyl halides is 2. The smallest absolute Gasteiger partial charge is 0.387 e. The normalized spacial score (nSPS) is 17.2. The average Bonchev–Trinajstić information content (AvgIpc) is 2.55. The van der Waals surface area contributed by atoms with Crippen LogP contribution in [0.4, 0.5) is 8.78 Å². The van der Waals surface area contributed by atoms with Gasteiger partial charge in [-0.05, 0) is 39.1 Å². The van der Waals surface area contributed by atoms with Crippen LogP contribution in [0.2, 0.25) is 0 Å². The molecule has 1 aromatic rings. The minimum Gasteiger partial charge on any atom is -0.434 e. The second kappa shape index (κ2) is 8.24. The lowest BCUT2D eigenvalue weighted by atomic mass is 9.93. The van der Waals surface area contributed by atoms with E-state index in [4.69, 9.17) is 12.2 Å². The maximum Gasteiger partial charge on any atom is 0.387 e. The zero-order valence-corrected chi connectivity index (χ0v) is 15.1. The van der Waals surface area contributed by atoms with E-state index < -0.39 is 12.7 Å².